The quantitative estimate of drug-likeness (QED) is 0.613. The fraction of sp³-hybridized carbons (Fsp3) is 1.00. The van der Waals surface area contributed by atoms with E-state index in [1.54, 1.807) is 0 Å². The molecule has 0 aromatic heterocycles. The van der Waals surface area contributed by atoms with Gasteiger partial charge in [-0.15, -0.1) is 0 Å². The summed E-state index contributed by atoms with van der Waals surface area (Å²) in [5.41, 5.74) is 0. The minimum Gasteiger partial charge on any atom is -0.314 e. The van der Waals surface area contributed by atoms with Crippen molar-refractivity contribution in [2.75, 3.05) is 12.3 Å². The van der Waals surface area contributed by atoms with Crippen LogP contribution in [0.4, 0.5) is 0 Å². The first-order valence-electron chi connectivity index (χ1n) is 6.84. The standard InChI is InChI=1S/C12H24N2O2S/c1-2-4-10-9-12(10)14-17(15,16)8-3-7-13-11-5-6-11/h10-14H,2-9H2,1H3. The Labute approximate surface area is 105 Å². The molecule has 0 radical (unpaired) electrons. The van der Waals surface area contributed by atoms with E-state index >= 15 is 0 Å². The van der Waals surface area contributed by atoms with Crippen molar-refractivity contribution in [3.05, 3.63) is 0 Å². The minimum atomic E-state index is -3.04. The molecular weight excluding hydrogens is 236 g/mol. The molecule has 0 spiro atoms. The molecule has 100 valence electrons. The summed E-state index contributed by atoms with van der Waals surface area (Å²) in [5, 5.41) is 3.33. The van der Waals surface area contributed by atoms with Gasteiger partial charge in [0.15, 0.2) is 0 Å². The van der Waals surface area contributed by atoms with Crippen molar-refractivity contribution < 1.29 is 8.42 Å². The second-order valence-electron chi connectivity index (χ2n) is 5.41. The zero-order chi connectivity index (χ0) is 12.3. The van der Waals surface area contributed by atoms with Crippen LogP contribution in [0.1, 0.15) is 45.4 Å². The van der Waals surface area contributed by atoms with Crippen LogP contribution in [0.15, 0.2) is 0 Å². The Balaban J connectivity index is 1.57. The lowest BCUT2D eigenvalue weighted by Gasteiger charge is -2.06. The van der Waals surface area contributed by atoms with Gasteiger partial charge in [0.05, 0.1) is 5.75 Å². The van der Waals surface area contributed by atoms with Gasteiger partial charge in [-0.3, -0.25) is 0 Å². The lowest BCUT2D eigenvalue weighted by Crippen LogP contribution is -2.31. The van der Waals surface area contributed by atoms with E-state index in [1.807, 2.05) is 0 Å². The summed E-state index contributed by atoms with van der Waals surface area (Å²) < 4.78 is 26.3. The second kappa shape index (κ2) is 5.67. The maximum Gasteiger partial charge on any atom is 0.211 e. The highest BCUT2D eigenvalue weighted by atomic mass is 32.2. The highest BCUT2D eigenvalue weighted by Gasteiger charge is 2.38. The SMILES string of the molecule is CCCC1CC1NS(=O)(=O)CCCNC1CC1. The van der Waals surface area contributed by atoms with Crippen molar-refractivity contribution in [3.63, 3.8) is 0 Å². The van der Waals surface area contributed by atoms with Crippen LogP contribution in [0.25, 0.3) is 0 Å². The van der Waals surface area contributed by atoms with Crippen LogP contribution >= 0.6 is 0 Å². The molecule has 0 aliphatic heterocycles. The van der Waals surface area contributed by atoms with Gasteiger partial charge in [0.1, 0.15) is 0 Å². The van der Waals surface area contributed by atoms with E-state index in [9.17, 15) is 8.42 Å². The summed E-state index contributed by atoms with van der Waals surface area (Å²) >= 11 is 0. The molecule has 4 nitrogen and oxygen atoms in total. The van der Waals surface area contributed by atoms with Gasteiger partial charge >= 0.3 is 0 Å². The summed E-state index contributed by atoms with van der Waals surface area (Å²) in [6.45, 7) is 2.97. The Morgan fingerprint density at radius 1 is 1.29 bits per heavy atom. The lowest BCUT2D eigenvalue weighted by atomic mass is 10.2. The van der Waals surface area contributed by atoms with Crippen LogP contribution in [0.2, 0.25) is 0 Å². The summed E-state index contributed by atoms with van der Waals surface area (Å²) in [6, 6.07) is 0.902. The largest absolute Gasteiger partial charge is 0.314 e. The second-order valence-corrected chi connectivity index (χ2v) is 7.28. The third-order valence-corrected chi connectivity index (χ3v) is 5.00. The number of hydrogen-bond acceptors (Lipinski definition) is 3. The molecule has 0 bridgehead atoms. The summed E-state index contributed by atoms with van der Waals surface area (Å²) in [7, 11) is -3.04. The molecular formula is C12H24N2O2S. The summed E-state index contributed by atoms with van der Waals surface area (Å²) in [6.07, 6.45) is 6.56. The Bertz CT molecular complexity index is 338. The molecule has 0 aromatic rings. The monoisotopic (exact) mass is 260 g/mol. The zero-order valence-electron chi connectivity index (χ0n) is 10.6. The summed E-state index contributed by atoms with van der Waals surface area (Å²) in [5.74, 6) is 0.863. The third kappa shape index (κ3) is 4.94. The van der Waals surface area contributed by atoms with Gasteiger partial charge in [-0.1, -0.05) is 13.3 Å². The highest BCUT2D eigenvalue weighted by molar-refractivity contribution is 7.89. The third-order valence-electron chi connectivity index (χ3n) is 3.51. The molecule has 2 N–H and O–H groups in total. The normalized spacial score (nSPS) is 28.3. The van der Waals surface area contributed by atoms with E-state index in [1.165, 1.54) is 12.8 Å². The van der Waals surface area contributed by atoms with Gasteiger partial charge in [0, 0.05) is 12.1 Å². The van der Waals surface area contributed by atoms with E-state index in [2.05, 4.69) is 17.0 Å². The molecule has 0 saturated heterocycles. The molecule has 2 aliphatic carbocycles. The Morgan fingerprint density at radius 2 is 2.06 bits per heavy atom. The summed E-state index contributed by atoms with van der Waals surface area (Å²) in [4.78, 5) is 0. The first kappa shape index (κ1) is 13.3. The van der Waals surface area contributed by atoms with Crippen molar-refractivity contribution in [1.29, 1.82) is 0 Å². The number of sulfonamides is 1. The van der Waals surface area contributed by atoms with Gasteiger partial charge in [-0.05, 0) is 44.6 Å². The zero-order valence-corrected chi connectivity index (χ0v) is 11.4. The first-order chi connectivity index (χ1) is 8.11. The molecule has 2 unspecified atom stereocenters. The van der Waals surface area contributed by atoms with Gasteiger partial charge in [-0.2, -0.15) is 0 Å². The molecule has 5 heteroatoms. The molecule has 2 saturated carbocycles. The fourth-order valence-corrected chi connectivity index (χ4v) is 3.62. The van der Waals surface area contributed by atoms with Gasteiger partial charge < -0.3 is 5.32 Å². The molecule has 2 atom stereocenters. The van der Waals surface area contributed by atoms with Gasteiger partial charge in [0.2, 0.25) is 10.0 Å². The van der Waals surface area contributed by atoms with Crippen LogP contribution in [-0.4, -0.2) is 32.8 Å². The van der Waals surface area contributed by atoms with Crippen LogP contribution in [0.5, 0.6) is 0 Å². The minimum absolute atomic E-state index is 0.233. The van der Waals surface area contributed by atoms with E-state index < -0.39 is 10.0 Å². The van der Waals surface area contributed by atoms with Crippen LogP contribution in [0.3, 0.4) is 0 Å². The number of rotatable bonds is 9. The first-order valence-corrected chi connectivity index (χ1v) is 8.49. The predicted molar refractivity (Wildman–Crippen MR) is 69.4 cm³/mol. The Kier molecular flexibility index (Phi) is 4.44. The van der Waals surface area contributed by atoms with E-state index in [4.69, 9.17) is 0 Å². The molecule has 2 aliphatic rings. The maximum atomic E-state index is 11.8. The predicted octanol–water partition coefficient (Wildman–Crippen LogP) is 1.24. The van der Waals surface area contributed by atoms with Crippen molar-refractivity contribution in [3.8, 4) is 0 Å². The maximum absolute atomic E-state index is 11.8. The van der Waals surface area contributed by atoms with Crippen LogP contribution in [0, 0.1) is 5.92 Å². The topological polar surface area (TPSA) is 58.2 Å². The van der Waals surface area contributed by atoms with Crippen molar-refractivity contribution in [2.24, 2.45) is 5.92 Å². The molecule has 0 amide bonds. The highest BCUT2D eigenvalue weighted by Crippen LogP contribution is 2.35. The van der Waals surface area contributed by atoms with Gasteiger partial charge in [0.25, 0.3) is 0 Å². The number of nitrogens with one attached hydrogen (secondary N) is 2. The smallest absolute Gasteiger partial charge is 0.211 e. The van der Waals surface area contributed by atoms with Crippen molar-refractivity contribution in [2.45, 2.75) is 57.5 Å². The van der Waals surface area contributed by atoms with Crippen LogP contribution < -0.4 is 10.0 Å². The average Bonchev–Trinajstić information content (AvgIpc) is 3.12. The van der Waals surface area contributed by atoms with E-state index in [0.29, 0.717) is 12.0 Å². The molecule has 2 rings (SSSR count). The molecule has 0 aromatic carbocycles. The Hall–Kier alpha value is -0.130. The lowest BCUT2D eigenvalue weighted by molar-refractivity contribution is 0.567. The molecule has 17 heavy (non-hydrogen) atoms. The number of hydrogen-bond donors (Lipinski definition) is 2. The van der Waals surface area contributed by atoms with Gasteiger partial charge in [-0.25, -0.2) is 13.1 Å². The van der Waals surface area contributed by atoms with E-state index in [-0.39, 0.29) is 11.8 Å². The van der Waals surface area contributed by atoms with E-state index in [0.717, 1.165) is 32.2 Å². The molecule has 2 fully saturated rings. The van der Waals surface area contributed by atoms with Crippen LogP contribution in [-0.2, 0) is 10.0 Å². The Morgan fingerprint density at radius 3 is 2.71 bits per heavy atom. The van der Waals surface area contributed by atoms with Crippen molar-refractivity contribution in [1.82, 2.24) is 10.0 Å². The molecule has 0 heterocycles. The average molecular weight is 260 g/mol. The van der Waals surface area contributed by atoms with Crippen molar-refractivity contribution >= 4 is 10.0 Å². The fourth-order valence-electron chi connectivity index (χ4n) is 2.23.